The molecule has 3 fully saturated rings. The molecule has 0 spiro atoms. The van der Waals surface area contributed by atoms with Crippen LogP contribution in [0.5, 0.6) is 0 Å². The third kappa shape index (κ3) is 2.83. The maximum atomic E-state index is 6.60. The minimum atomic E-state index is -1.01. The summed E-state index contributed by atoms with van der Waals surface area (Å²) in [6, 6.07) is 11.1. The van der Waals surface area contributed by atoms with Gasteiger partial charge in [-0.1, -0.05) is 37.3 Å². The summed E-state index contributed by atoms with van der Waals surface area (Å²) >= 11 is 0. The van der Waals surface area contributed by atoms with Crippen molar-refractivity contribution in [3.63, 3.8) is 0 Å². The predicted octanol–water partition coefficient (Wildman–Crippen LogP) is 4.60. The van der Waals surface area contributed by atoms with Crippen molar-refractivity contribution < 1.29 is 13.8 Å². The van der Waals surface area contributed by atoms with Crippen LogP contribution in [-0.4, -0.2) is 35.6 Å². The highest BCUT2D eigenvalue weighted by molar-refractivity contribution is 7.45. The minimum Gasteiger partial charge on any atom is -0.372 e. The van der Waals surface area contributed by atoms with Gasteiger partial charge in [-0.2, -0.15) is 0 Å². The Kier molecular flexibility index (Phi) is 4.70. The minimum absolute atomic E-state index is 0.162. The second-order valence-corrected chi connectivity index (χ2v) is 8.78. The van der Waals surface area contributed by atoms with Crippen LogP contribution in [0, 0.1) is 0 Å². The number of benzene rings is 1. The van der Waals surface area contributed by atoms with Gasteiger partial charge in [0, 0.05) is 13.0 Å². The molecule has 4 nitrogen and oxygen atoms in total. The van der Waals surface area contributed by atoms with Crippen molar-refractivity contribution in [3.05, 3.63) is 35.9 Å². The van der Waals surface area contributed by atoms with Crippen molar-refractivity contribution in [1.29, 1.82) is 0 Å². The Morgan fingerprint density at radius 3 is 2.88 bits per heavy atom. The van der Waals surface area contributed by atoms with E-state index in [-0.39, 0.29) is 23.9 Å². The lowest BCUT2D eigenvalue weighted by Crippen LogP contribution is -2.36. The van der Waals surface area contributed by atoms with E-state index in [2.05, 4.69) is 55.8 Å². The first-order chi connectivity index (χ1) is 11.6. The van der Waals surface area contributed by atoms with Gasteiger partial charge in [-0.25, -0.2) is 4.67 Å². The average molecular weight is 349 g/mol. The van der Waals surface area contributed by atoms with E-state index < -0.39 is 8.53 Å². The van der Waals surface area contributed by atoms with Gasteiger partial charge >= 0.3 is 0 Å². The van der Waals surface area contributed by atoms with Crippen molar-refractivity contribution >= 4 is 8.53 Å². The molecule has 1 aromatic carbocycles. The number of ether oxygens (including phenoxy) is 1. The lowest BCUT2D eigenvalue weighted by molar-refractivity contribution is 0.0158. The highest BCUT2D eigenvalue weighted by Crippen LogP contribution is 2.63. The van der Waals surface area contributed by atoms with Crippen LogP contribution in [0.15, 0.2) is 30.3 Å². The van der Waals surface area contributed by atoms with Gasteiger partial charge < -0.3 is 13.8 Å². The molecule has 132 valence electrons. The molecule has 6 atom stereocenters. The quantitative estimate of drug-likeness (QED) is 0.744. The molecule has 1 aromatic rings. The molecule has 3 heterocycles. The Morgan fingerprint density at radius 1 is 1.33 bits per heavy atom. The first-order valence-corrected chi connectivity index (χ1v) is 10.4. The zero-order chi connectivity index (χ0) is 16.7. The number of hydrogen-bond acceptors (Lipinski definition) is 4. The van der Waals surface area contributed by atoms with E-state index in [4.69, 9.17) is 13.8 Å². The van der Waals surface area contributed by atoms with Crippen LogP contribution in [0.25, 0.3) is 0 Å². The SMILES string of the molecule is CC[C@H]1O[C@@H](C)CC1O[P@@]1O[C@](C)(c2ccccc2)[C@@H]2CCCN21. The van der Waals surface area contributed by atoms with Gasteiger partial charge in [0.2, 0.25) is 0 Å². The largest absolute Gasteiger partial charge is 0.372 e. The predicted molar refractivity (Wildman–Crippen MR) is 95.6 cm³/mol. The number of rotatable bonds is 4. The summed E-state index contributed by atoms with van der Waals surface area (Å²) in [6.07, 6.45) is 5.04. The van der Waals surface area contributed by atoms with E-state index in [0.29, 0.717) is 6.04 Å². The molecule has 3 saturated heterocycles. The molecule has 0 aromatic heterocycles. The first kappa shape index (κ1) is 16.9. The van der Waals surface area contributed by atoms with Crippen molar-refractivity contribution in [3.8, 4) is 0 Å². The summed E-state index contributed by atoms with van der Waals surface area (Å²) < 4.78 is 21.6. The summed E-state index contributed by atoms with van der Waals surface area (Å²) in [4.78, 5) is 0. The third-order valence-electron chi connectivity index (χ3n) is 5.70. The van der Waals surface area contributed by atoms with Crippen LogP contribution in [0.2, 0.25) is 0 Å². The standard InChI is InChI=1S/C19H28NO3P/c1-4-16-17(13-14(2)21-16)22-24-20-12-8-11-18(20)19(3,23-24)15-9-6-5-7-10-15/h5-7,9-10,14,16-18H,4,8,11-13H2,1-3H3/t14-,16+,17?,18-,19+,24-/m0/s1. The Bertz CT molecular complexity index is 571. The van der Waals surface area contributed by atoms with Crippen LogP contribution in [-0.2, 0) is 19.4 Å². The van der Waals surface area contributed by atoms with E-state index in [1.54, 1.807) is 0 Å². The zero-order valence-corrected chi connectivity index (χ0v) is 15.7. The van der Waals surface area contributed by atoms with Gasteiger partial charge in [-0.3, -0.25) is 0 Å². The summed E-state index contributed by atoms with van der Waals surface area (Å²) in [5.41, 5.74) is 0.995. The Labute approximate surface area is 146 Å². The summed E-state index contributed by atoms with van der Waals surface area (Å²) in [5, 5.41) is 0. The summed E-state index contributed by atoms with van der Waals surface area (Å²) in [6.45, 7) is 7.64. The maximum absolute atomic E-state index is 6.60. The highest BCUT2D eigenvalue weighted by Gasteiger charge is 2.55. The Balaban J connectivity index is 1.55. The van der Waals surface area contributed by atoms with Crippen molar-refractivity contribution in [1.82, 2.24) is 4.67 Å². The molecule has 1 unspecified atom stereocenters. The van der Waals surface area contributed by atoms with Gasteiger partial charge in [0.25, 0.3) is 8.53 Å². The van der Waals surface area contributed by atoms with E-state index in [1.165, 1.54) is 18.4 Å². The van der Waals surface area contributed by atoms with Crippen LogP contribution in [0.3, 0.4) is 0 Å². The molecular formula is C19H28NO3P. The van der Waals surface area contributed by atoms with Crippen LogP contribution in [0.4, 0.5) is 0 Å². The van der Waals surface area contributed by atoms with Gasteiger partial charge in [-0.05, 0) is 38.7 Å². The lowest BCUT2D eigenvalue weighted by atomic mass is 9.87. The molecule has 24 heavy (non-hydrogen) atoms. The van der Waals surface area contributed by atoms with Crippen molar-refractivity contribution in [2.45, 2.75) is 76.4 Å². The van der Waals surface area contributed by atoms with E-state index in [1.807, 2.05) is 0 Å². The fraction of sp³-hybridized carbons (Fsp3) is 0.684. The van der Waals surface area contributed by atoms with Gasteiger partial charge in [0.05, 0.1) is 24.4 Å². The zero-order valence-electron chi connectivity index (χ0n) is 14.9. The molecule has 0 amide bonds. The molecule has 0 radical (unpaired) electrons. The fourth-order valence-electron chi connectivity index (χ4n) is 4.38. The molecule has 0 N–H and O–H groups in total. The molecule has 4 rings (SSSR count). The van der Waals surface area contributed by atoms with E-state index >= 15 is 0 Å². The van der Waals surface area contributed by atoms with Crippen molar-refractivity contribution in [2.24, 2.45) is 0 Å². The van der Waals surface area contributed by atoms with E-state index in [9.17, 15) is 0 Å². The summed E-state index contributed by atoms with van der Waals surface area (Å²) in [7, 11) is -1.01. The van der Waals surface area contributed by atoms with E-state index in [0.717, 1.165) is 19.4 Å². The third-order valence-corrected chi connectivity index (χ3v) is 7.58. The molecule has 0 bridgehead atoms. The van der Waals surface area contributed by atoms with Crippen LogP contribution in [0.1, 0.15) is 52.0 Å². The van der Waals surface area contributed by atoms with Gasteiger partial charge in [-0.15, -0.1) is 0 Å². The molecule has 3 aliphatic heterocycles. The topological polar surface area (TPSA) is 30.9 Å². The molecular weight excluding hydrogens is 321 g/mol. The molecule has 3 aliphatic rings. The number of fused-ring (bicyclic) bond motifs is 1. The Hall–Kier alpha value is -0.510. The number of nitrogens with zero attached hydrogens (tertiary/aromatic N) is 1. The highest BCUT2D eigenvalue weighted by atomic mass is 31.2. The molecule has 0 aliphatic carbocycles. The monoisotopic (exact) mass is 349 g/mol. The number of hydrogen-bond donors (Lipinski definition) is 0. The summed E-state index contributed by atoms with van der Waals surface area (Å²) in [5.74, 6) is 0. The Morgan fingerprint density at radius 2 is 2.12 bits per heavy atom. The van der Waals surface area contributed by atoms with Gasteiger partial charge in [0.1, 0.15) is 5.60 Å². The molecule has 0 saturated carbocycles. The van der Waals surface area contributed by atoms with Crippen LogP contribution < -0.4 is 0 Å². The molecule has 5 heteroatoms. The maximum Gasteiger partial charge on any atom is 0.260 e. The average Bonchev–Trinajstić information content (AvgIpc) is 3.26. The normalized spacial score (nSPS) is 42.5. The second-order valence-electron chi connectivity index (χ2n) is 7.40. The fourth-order valence-corrected chi connectivity index (χ4v) is 6.53. The smallest absolute Gasteiger partial charge is 0.260 e. The second kappa shape index (κ2) is 6.66. The van der Waals surface area contributed by atoms with Gasteiger partial charge in [0.15, 0.2) is 0 Å². The first-order valence-electron chi connectivity index (χ1n) is 9.25. The van der Waals surface area contributed by atoms with Crippen molar-refractivity contribution in [2.75, 3.05) is 6.54 Å². The van der Waals surface area contributed by atoms with Crippen LogP contribution >= 0.6 is 8.53 Å². The lowest BCUT2D eigenvalue weighted by Gasteiger charge is -2.29.